The molecule has 0 aromatic heterocycles. The van der Waals surface area contributed by atoms with Crippen LogP contribution in [0.15, 0.2) is 78.9 Å². The molecule has 0 aliphatic rings. The number of phenolic OH excluding ortho intramolecular Hbond substituents is 1. The maximum Gasteiger partial charge on any atom is 0.174 e. The lowest BCUT2D eigenvalue weighted by Crippen LogP contribution is -2.39. The summed E-state index contributed by atoms with van der Waals surface area (Å²) in [5.41, 5.74) is 2.70. The highest BCUT2D eigenvalue weighted by atomic mass is 35.5. The van der Waals surface area contributed by atoms with Gasteiger partial charge < -0.3 is 15.3 Å². The van der Waals surface area contributed by atoms with Crippen molar-refractivity contribution in [1.82, 2.24) is 5.32 Å². The number of nitrogens with one attached hydrogen (secondary N) is 1. The average Bonchev–Trinajstić information content (AvgIpc) is 2.67. The van der Waals surface area contributed by atoms with Crippen LogP contribution in [0.1, 0.15) is 11.1 Å². The molecule has 0 aliphatic carbocycles. The van der Waals surface area contributed by atoms with Crippen molar-refractivity contribution in [3.8, 4) is 5.75 Å². The number of hydrogen-bond donors (Lipinski definition) is 2. The second-order valence-corrected chi connectivity index (χ2v) is 6.60. The highest BCUT2D eigenvalue weighted by Gasteiger charge is 2.17. The van der Waals surface area contributed by atoms with Crippen molar-refractivity contribution in [3.63, 3.8) is 0 Å². The van der Waals surface area contributed by atoms with Crippen LogP contribution in [0.5, 0.6) is 5.75 Å². The largest absolute Gasteiger partial charge is 0.508 e. The highest BCUT2D eigenvalue weighted by Crippen LogP contribution is 2.28. The first-order valence-corrected chi connectivity index (χ1v) is 9.04. The molecule has 5 heteroatoms. The predicted octanol–water partition coefficient (Wildman–Crippen LogP) is 5.13. The molecule has 0 aliphatic heterocycles. The number of thiocarbonyl (C=S) groups is 1. The zero-order valence-electron chi connectivity index (χ0n) is 14.1. The number of phenols is 1. The summed E-state index contributed by atoms with van der Waals surface area (Å²) in [6.07, 6.45) is 0. The van der Waals surface area contributed by atoms with Gasteiger partial charge in [-0.25, -0.2) is 0 Å². The fourth-order valence-corrected chi connectivity index (χ4v) is 3.09. The molecular formula is C21H19ClN2OS. The summed E-state index contributed by atoms with van der Waals surface area (Å²) in [7, 11) is 0. The first kappa shape index (κ1) is 18.2. The minimum absolute atomic E-state index is 0.232. The van der Waals surface area contributed by atoms with E-state index in [9.17, 15) is 5.11 Å². The van der Waals surface area contributed by atoms with Crippen LogP contribution in [0.25, 0.3) is 0 Å². The standard InChI is InChI=1S/C21H19ClN2OS/c22-18-11-5-6-12-19(18)24(15-17-10-4-7-13-20(17)25)21(26)23-14-16-8-2-1-3-9-16/h1-13,25H,14-15H2,(H,23,26). The zero-order chi connectivity index (χ0) is 18.4. The molecule has 0 bridgehead atoms. The summed E-state index contributed by atoms with van der Waals surface area (Å²) >= 11 is 12.0. The van der Waals surface area contributed by atoms with Gasteiger partial charge in [0, 0.05) is 12.1 Å². The Morgan fingerprint density at radius 3 is 2.31 bits per heavy atom. The molecule has 0 fully saturated rings. The van der Waals surface area contributed by atoms with Gasteiger partial charge in [0.2, 0.25) is 0 Å². The molecule has 3 aromatic carbocycles. The molecule has 3 nitrogen and oxygen atoms in total. The van der Waals surface area contributed by atoms with E-state index in [4.69, 9.17) is 23.8 Å². The molecule has 0 atom stereocenters. The third-order valence-electron chi connectivity index (χ3n) is 4.00. The van der Waals surface area contributed by atoms with E-state index < -0.39 is 0 Å². The first-order chi connectivity index (χ1) is 12.6. The van der Waals surface area contributed by atoms with Crippen molar-refractivity contribution < 1.29 is 5.11 Å². The Labute approximate surface area is 163 Å². The average molecular weight is 383 g/mol. The number of aromatic hydroxyl groups is 1. The minimum Gasteiger partial charge on any atom is -0.508 e. The fraction of sp³-hybridized carbons (Fsp3) is 0.0952. The van der Waals surface area contributed by atoms with Crippen molar-refractivity contribution >= 4 is 34.6 Å². The van der Waals surface area contributed by atoms with Crippen LogP contribution in [-0.2, 0) is 13.1 Å². The van der Waals surface area contributed by atoms with Gasteiger partial charge in [0.25, 0.3) is 0 Å². The van der Waals surface area contributed by atoms with Gasteiger partial charge >= 0.3 is 0 Å². The molecule has 0 unspecified atom stereocenters. The number of rotatable bonds is 5. The molecule has 0 amide bonds. The molecule has 132 valence electrons. The van der Waals surface area contributed by atoms with E-state index in [1.807, 2.05) is 71.6 Å². The third kappa shape index (κ3) is 4.54. The second kappa shape index (κ2) is 8.70. The Balaban J connectivity index is 1.84. The zero-order valence-corrected chi connectivity index (χ0v) is 15.7. The van der Waals surface area contributed by atoms with Crippen molar-refractivity contribution in [2.75, 3.05) is 4.90 Å². The lowest BCUT2D eigenvalue weighted by molar-refractivity contribution is 0.468. The molecule has 26 heavy (non-hydrogen) atoms. The molecule has 0 radical (unpaired) electrons. The molecule has 0 spiro atoms. The number of para-hydroxylation sites is 2. The minimum atomic E-state index is 0.232. The van der Waals surface area contributed by atoms with Gasteiger partial charge in [-0.1, -0.05) is 72.3 Å². The summed E-state index contributed by atoms with van der Waals surface area (Å²) < 4.78 is 0. The predicted molar refractivity (Wildman–Crippen MR) is 112 cm³/mol. The number of benzene rings is 3. The maximum atomic E-state index is 10.1. The topological polar surface area (TPSA) is 35.5 Å². The van der Waals surface area contributed by atoms with Gasteiger partial charge in [0.05, 0.1) is 17.3 Å². The third-order valence-corrected chi connectivity index (χ3v) is 4.68. The normalized spacial score (nSPS) is 10.3. The molecule has 0 saturated heterocycles. The molecule has 2 N–H and O–H groups in total. The number of hydrogen-bond acceptors (Lipinski definition) is 2. The number of halogens is 1. The summed E-state index contributed by atoms with van der Waals surface area (Å²) in [6, 6.07) is 24.8. The van der Waals surface area contributed by atoms with E-state index in [0.29, 0.717) is 23.2 Å². The van der Waals surface area contributed by atoms with E-state index in [0.717, 1.165) is 16.8 Å². The van der Waals surface area contributed by atoms with Crippen molar-refractivity contribution in [2.45, 2.75) is 13.1 Å². The number of nitrogens with zero attached hydrogens (tertiary/aromatic N) is 1. The molecule has 0 heterocycles. The van der Waals surface area contributed by atoms with Crippen LogP contribution < -0.4 is 10.2 Å². The van der Waals surface area contributed by atoms with Gasteiger partial charge in [-0.15, -0.1) is 0 Å². The molecule has 0 saturated carbocycles. The Bertz CT molecular complexity index is 886. The summed E-state index contributed by atoms with van der Waals surface area (Å²) in [5, 5.41) is 14.6. The van der Waals surface area contributed by atoms with E-state index >= 15 is 0 Å². The van der Waals surface area contributed by atoms with Gasteiger partial charge in [-0.05, 0) is 36.0 Å². The highest BCUT2D eigenvalue weighted by molar-refractivity contribution is 7.80. The van der Waals surface area contributed by atoms with E-state index in [1.54, 1.807) is 12.1 Å². The second-order valence-electron chi connectivity index (χ2n) is 5.81. The number of anilines is 1. The summed E-state index contributed by atoms with van der Waals surface area (Å²) in [6.45, 7) is 1.03. The summed E-state index contributed by atoms with van der Waals surface area (Å²) in [5.74, 6) is 0.232. The first-order valence-electron chi connectivity index (χ1n) is 8.26. The SMILES string of the molecule is Oc1ccccc1CN(C(=S)NCc1ccccc1)c1ccccc1Cl. The Hall–Kier alpha value is -2.56. The van der Waals surface area contributed by atoms with Crippen LogP contribution in [-0.4, -0.2) is 10.2 Å². The van der Waals surface area contributed by atoms with Crippen molar-refractivity contribution in [2.24, 2.45) is 0 Å². The quantitative estimate of drug-likeness (QED) is 0.600. The fourth-order valence-electron chi connectivity index (χ4n) is 2.62. The van der Waals surface area contributed by atoms with E-state index in [-0.39, 0.29) is 5.75 Å². The molecule has 3 rings (SSSR count). The van der Waals surface area contributed by atoms with Crippen LogP contribution in [0.2, 0.25) is 5.02 Å². The van der Waals surface area contributed by atoms with Crippen molar-refractivity contribution in [1.29, 1.82) is 0 Å². The van der Waals surface area contributed by atoms with Crippen LogP contribution in [0.3, 0.4) is 0 Å². The smallest absolute Gasteiger partial charge is 0.174 e. The van der Waals surface area contributed by atoms with Crippen LogP contribution >= 0.6 is 23.8 Å². The lowest BCUT2D eigenvalue weighted by Gasteiger charge is -2.27. The van der Waals surface area contributed by atoms with Gasteiger partial charge in [0.15, 0.2) is 5.11 Å². The van der Waals surface area contributed by atoms with Gasteiger partial charge in [0.1, 0.15) is 5.75 Å². The lowest BCUT2D eigenvalue weighted by atomic mass is 10.1. The summed E-state index contributed by atoms with van der Waals surface area (Å²) in [4.78, 5) is 1.90. The molecule has 3 aromatic rings. The van der Waals surface area contributed by atoms with Crippen molar-refractivity contribution in [3.05, 3.63) is 95.0 Å². The Morgan fingerprint density at radius 1 is 0.923 bits per heavy atom. The van der Waals surface area contributed by atoms with E-state index in [2.05, 4.69) is 5.32 Å². The monoisotopic (exact) mass is 382 g/mol. The Kier molecular flexibility index (Phi) is 6.10. The van der Waals surface area contributed by atoms with Gasteiger partial charge in [-0.2, -0.15) is 0 Å². The van der Waals surface area contributed by atoms with Crippen LogP contribution in [0, 0.1) is 0 Å². The van der Waals surface area contributed by atoms with Crippen LogP contribution in [0.4, 0.5) is 5.69 Å². The Morgan fingerprint density at radius 2 is 1.58 bits per heavy atom. The molecular weight excluding hydrogens is 364 g/mol. The van der Waals surface area contributed by atoms with E-state index in [1.165, 1.54) is 0 Å². The maximum absolute atomic E-state index is 10.1. The van der Waals surface area contributed by atoms with Gasteiger partial charge in [-0.3, -0.25) is 0 Å².